The molecule has 6 heteroatoms. The van der Waals surface area contributed by atoms with Gasteiger partial charge in [0.2, 0.25) is 5.69 Å². The second-order valence-electron chi connectivity index (χ2n) is 3.80. The van der Waals surface area contributed by atoms with Crippen molar-refractivity contribution in [1.29, 1.82) is 0 Å². The molecular weight excluding hydrogens is 212 g/mol. The van der Waals surface area contributed by atoms with E-state index in [0.29, 0.717) is 16.8 Å². The van der Waals surface area contributed by atoms with Crippen molar-refractivity contribution in [3.8, 4) is 5.88 Å². The molecule has 0 saturated carbocycles. The van der Waals surface area contributed by atoms with Gasteiger partial charge in [0.1, 0.15) is 0 Å². The van der Waals surface area contributed by atoms with Crippen molar-refractivity contribution in [2.24, 2.45) is 5.92 Å². The van der Waals surface area contributed by atoms with Crippen LogP contribution in [0.2, 0.25) is 0 Å². The summed E-state index contributed by atoms with van der Waals surface area (Å²) in [4.78, 5) is 14.5. The molecule has 1 N–H and O–H groups in total. The molecule has 0 radical (unpaired) electrons. The lowest BCUT2D eigenvalue weighted by Crippen LogP contribution is -2.37. The van der Waals surface area contributed by atoms with E-state index in [0.717, 1.165) is 0 Å². The number of carbonyl (C=O) groups is 1. The summed E-state index contributed by atoms with van der Waals surface area (Å²) in [6.07, 6.45) is 1.80. The lowest BCUT2D eigenvalue weighted by atomic mass is 10.1. The number of hydrogen-bond donors (Lipinski definition) is 1. The van der Waals surface area contributed by atoms with E-state index in [9.17, 15) is 10.0 Å². The number of carboxylic acid groups (broad SMARTS) is 1. The van der Waals surface area contributed by atoms with Crippen molar-refractivity contribution in [1.82, 2.24) is 4.98 Å². The number of ether oxygens (including phenoxy) is 1. The van der Waals surface area contributed by atoms with Gasteiger partial charge in [-0.05, 0) is 5.92 Å². The summed E-state index contributed by atoms with van der Waals surface area (Å²) in [5.41, 5.74) is 0.0295. The monoisotopic (exact) mass is 226 g/mol. The fourth-order valence-electron chi connectivity index (χ4n) is 1.35. The molecule has 1 rings (SSSR count). The summed E-state index contributed by atoms with van der Waals surface area (Å²) in [7, 11) is 1.25. The fraction of sp³-hybridized carbons (Fsp3) is 0.500. The maximum Gasteiger partial charge on any atom is 0.413 e. The van der Waals surface area contributed by atoms with E-state index in [1.54, 1.807) is 0 Å². The Morgan fingerprint density at radius 2 is 2.31 bits per heavy atom. The zero-order chi connectivity index (χ0) is 12.3. The van der Waals surface area contributed by atoms with Gasteiger partial charge in [0, 0.05) is 6.42 Å². The van der Waals surface area contributed by atoms with Gasteiger partial charge >= 0.3 is 11.8 Å². The highest BCUT2D eigenvalue weighted by Crippen LogP contribution is 2.12. The molecule has 16 heavy (non-hydrogen) atoms. The molecule has 0 aliphatic rings. The third kappa shape index (κ3) is 2.39. The van der Waals surface area contributed by atoms with Crippen LogP contribution >= 0.6 is 0 Å². The first-order valence-electron chi connectivity index (χ1n) is 4.86. The Bertz CT molecular complexity index is 404. The topological polar surface area (TPSA) is 86.4 Å². The molecule has 6 nitrogen and oxygen atoms in total. The Balaban J connectivity index is 3.23. The molecular formula is C10H14N2O4. The highest BCUT2D eigenvalue weighted by atomic mass is 16.5. The molecule has 0 atom stereocenters. The highest BCUT2D eigenvalue weighted by Gasteiger charge is 2.24. The Morgan fingerprint density at radius 3 is 2.75 bits per heavy atom. The van der Waals surface area contributed by atoms with Gasteiger partial charge in [-0.1, -0.05) is 13.8 Å². The molecule has 0 saturated heterocycles. The van der Waals surface area contributed by atoms with Gasteiger partial charge in [-0.25, -0.2) is 9.78 Å². The summed E-state index contributed by atoms with van der Waals surface area (Å²) in [6.45, 7) is 3.91. The minimum atomic E-state index is -1.28. The van der Waals surface area contributed by atoms with Crippen molar-refractivity contribution in [2.75, 3.05) is 7.11 Å². The normalized spacial score (nSPS) is 10.5. The number of hydrogen-bond acceptors (Lipinski definition) is 4. The molecule has 1 aromatic rings. The van der Waals surface area contributed by atoms with Gasteiger partial charge in [0.05, 0.1) is 13.3 Å². The van der Waals surface area contributed by atoms with E-state index in [4.69, 9.17) is 9.84 Å². The number of aromatic nitrogens is 2. The van der Waals surface area contributed by atoms with E-state index < -0.39 is 5.97 Å². The molecule has 0 aromatic carbocycles. The number of carboxylic acids is 1. The second-order valence-corrected chi connectivity index (χ2v) is 3.80. The minimum absolute atomic E-state index is 0.273. The van der Waals surface area contributed by atoms with Gasteiger partial charge in [0.25, 0.3) is 5.69 Å². The summed E-state index contributed by atoms with van der Waals surface area (Å²) in [5.74, 6) is -1.27. The molecule has 0 spiro atoms. The van der Waals surface area contributed by atoms with Gasteiger partial charge < -0.3 is 15.1 Å². The molecule has 0 aliphatic carbocycles. The summed E-state index contributed by atoms with van der Waals surface area (Å²) in [6, 6.07) is 0. The Hall–Kier alpha value is -1.85. The van der Waals surface area contributed by atoms with E-state index in [1.165, 1.54) is 13.3 Å². The predicted molar refractivity (Wildman–Crippen MR) is 55.3 cm³/mol. The number of methoxy groups -OCH3 is 1. The van der Waals surface area contributed by atoms with Crippen LogP contribution in [0.3, 0.4) is 0 Å². The molecule has 0 bridgehead atoms. The Labute approximate surface area is 93.1 Å². The van der Waals surface area contributed by atoms with Crippen LogP contribution in [0.25, 0.3) is 0 Å². The summed E-state index contributed by atoms with van der Waals surface area (Å²) >= 11 is 0. The van der Waals surface area contributed by atoms with Crippen LogP contribution in [0, 0.1) is 11.1 Å². The van der Waals surface area contributed by atoms with Crippen molar-refractivity contribution in [2.45, 2.75) is 20.3 Å². The predicted octanol–water partition coefficient (Wildman–Crippen LogP) is 0.620. The Morgan fingerprint density at radius 1 is 1.69 bits per heavy atom. The van der Waals surface area contributed by atoms with Crippen molar-refractivity contribution in [3.05, 3.63) is 22.8 Å². The molecule has 0 aliphatic heterocycles. The average molecular weight is 226 g/mol. The zero-order valence-electron chi connectivity index (χ0n) is 9.43. The first-order valence-corrected chi connectivity index (χ1v) is 4.86. The fourth-order valence-corrected chi connectivity index (χ4v) is 1.35. The van der Waals surface area contributed by atoms with Crippen LogP contribution in [0.1, 0.15) is 30.0 Å². The number of rotatable bonds is 4. The molecule has 1 heterocycles. The maximum atomic E-state index is 11.7. The summed E-state index contributed by atoms with van der Waals surface area (Å²) < 4.78 is 5.25. The smallest absolute Gasteiger partial charge is 0.413 e. The van der Waals surface area contributed by atoms with Crippen molar-refractivity contribution < 1.29 is 19.4 Å². The number of nitrogens with zero attached hydrogens (tertiary/aromatic N) is 2. The van der Waals surface area contributed by atoms with Gasteiger partial charge in [-0.2, -0.15) is 0 Å². The number of aromatic carboxylic acids is 1. The van der Waals surface area contributed by atoms with E-state index in [-0.39, 0.29) is 17.5 Å². The van der Waals surface area contributed by atoms with Gasteiger partial charge in [-0.15, -0.1) is 4.73 Å². The molecule has 88 valence electrons. The van der Waals surface area contributed by atoms with Crippen molar-refractivity contribution in [3.63, 3.8) is 0 Å². The van der Waals surface area contributed by atoms with Crippen LogP contribution in [0.5, 0.6) is 5.88 Å². The lowest BCUT2D eigenvalue weighted by molar-refractivity contribution is -0.621. The standard InChI is InChI=1S/C10H14N2O4/c1-6(2)4-7-5-11-8(10(13)14)9(16-3)12(7)15/h5-6H,4H2,1-3H3,(H,13,14). The highest BCUT2D eigenvalue weighted by molar-refractivity contribution is 5.87. The SMILES string of the molecule is COc1c(C(=O)O)ncc(CC(C)C)[n+]1[O-]. The van der Waals surface area contributed by atoms with Gasteiger partial charge in [-0.3, -0.25) is 0 Å². The largest absolute Gasteiger partial charge is 0.616 e. The van der Waals surface area contributed by atoms with Crippen LogP contribution in [0.4, 0.5) is 0 Å². The molecule has 1 aromatic heterocycles. The first kappa shape index (κ1) is 12.2. The van der Waals surface area contributed by atoms with E-state index in [2.05, 4.69) is 4.98 Å². The van der Waals surface area contributed by atoms with Crippen LogP contribution in [-0.2, 0) is 6.42 Å². The third-order valence-corrected chi connectivity index (χ3v) is 2.00. The minimum Gasteiger partial charge on any atom is -0.616 e. The quantitative estimate of drug-likeness (QED) is 0.600. The van der Waals surface area contributed by atoms with Crippen LogP contribution in [-0.4, -0.2) is 23.2 Å². The second kappa shape index (κ2) is 4.78. The molecule has 0 fully saturated rings. The zero-order valence-corrected chi connectivity index (χ0v) is 9.43. The summed E-state index contributed by atoms with van der Waals surface area (Å²) in [5, 5.41) is 20.5. The average Bonchev–Trinajstić information content (AvgIpc) is 2.19. The van der Waals surface area contributed by atoms with Gasteiger partial charge in [0.15, 0.2) is 0 Å². The first-order chi connectivity index (χ1) is 7.47. The van der Waals surface area contributed by atoms with E-state index in [1.807, 2.05) is 13.8 Å². The van der Waals surface area contributed by atoms with Crippen LogP contribution < -0.4 is 9.47 Å². The van der Waals surface area contributed by atoms with Crippen molar-refractivity contribution >= 4 is 5.97 Å². The Kier molecular flexibility index (Phi) is 3.65. The van der Waals surface area contributed by atoms with Crippen LogP contribution in [0.15, 0.2) is 6.20 Å². The molecule has 0 amide bonds. The maximum absolute atomic E-state index is 11.7. The molecule has 0 unspecified atom stereocenters. The lowest BCUT2D eigenvalue weighted by Gasteiger charge is -2.10. The van der Waals surface area contributed by atoms with E-state index >= 15 is 0 Å². The third-order valence-electron chi connectivity index (χ3n) is 2.00.